The molecule has 0 N–H and O–H groups in total. The van der Waals surface area contributed by atoms with E-state index in [1.807, 2.05) is 13.8 Å². The van der Waals surface area contributed by atoms with Gasteiger partial charge in [-0.1, -0.05) is 25.4 Å². The van der Waals surface area contributed by atoms with Crippen LogP contribution in [0.3, 0.4) is 0 Å². The van der Waals surface area contributed by atoms with Gasteiger partial charge in [-0.3, -0.25) is 9.59 Å². The summed E-state index contributed by atoms with van der Waals surface area (Å²) in [6, 6.07) is 1.30. The van der Waals surface area contributed by atoms with Crippen molar-refractivity contribution in [1.82, 2.24) is 9.13 Å². The number of nitrogens with zero attached hydrogens (tertiary/aromatic N) is 2. The van der Waals surface area contributed by atoms with Crippen molar-refractivity contribution in [2.75, 3.05) is 41.7 Å². The van der Waals surface area contributed by atoms with Crippen LogP contribution in [0.5, 0.6) is 0 Å². The van der Waals surface area contributed by atoms with Gasteiger partial charge in [-0.25, -0.2) is 9.59 Å². The van der Waals surface area contributed by atoms with Gasteiger partial charge >= 0.3 is 24.2 Å². The summed E-state index contributed by atoms with van der Waals surface area (Å²) in [5.41, 5.74) is 0.832. The van der Waals surface area contributed by atoms with Gasteiger partial charge in [-0.05, 0) is 26.7 Å². The lowest BCUT2D eigenvalue weighted by Crippen LogP contribution is -2.28. The predicted octanol–water partition coefficient (Wildman–Crippen LogP) is 1.90. The van der Waals surface area contributed by atoms with Crippen molar-refractivity contribution in [2.24, 2.45) is 0 Å². The van der Waals surface area contributed by atoms with Crippen LogP contribution in [0.25, 0.3) is 0 Å². The van der Waals surface area contributed by atoms with Gasteiger partial charge in [0, 0.05) is 58.0 Å². The highest BCUT2D eigenvalue weighted by atomic mass is 35.5. The van der Waals surface area contributed by atoms with Gasteiger partial charge < -0.3 is 37.6 Å². The molecule has 0 aliphatic rings. The van der Waals surface area contributed by atoms with Gasteiger partial charge in [0.05, 0.1) is 26.3 Å². The Morgan fingerprint density at radius 1 is 0.723 bits per heavy atom. The molecule has 17 heteroatoms. The molecule has 2 heterocycles. The van der Waals surface area contributed by atoms with Gasteiger partial charge in [-0.15, -0.1) is 0 Å². The summed E-state index contributed by atoms with van der Waals surface area (Å²) in [4.78, 5) is 80.4. The van der Waals surface area contributed by atoms with Crippen molar-refractivity contribution in [2.45, 2.75) is 66.2 Å². The molecule has 0 saturated heterocycles. The fourth-order valence-corrected chi connectivity index (χ4v) is 4.03. The quantitative estimate of drug-likeness (QED) is 0.206. The number of esters is 2. The Morgan fingerprint density at radius 2 is 1.13 bits per heavy atom. The number of ether oxygens (including phenoxy) is 6. The molecule has 0 unspecified atom stereocenters. The van der Waals surface area contributed by atoms with E-state index in [-0.39, 0.29) is 59.3 Å². The van der Waals surface area contributed by atoms with Gasteiger partial charge in [0.25, 0.3) is 0 Å². The Bertz CT molecular complexity index is 1420. The molecule has 0 aromatic carbocycles. The smallest absolute Gasteiger partial charge is 0.373 e. The van der Waals surface area contributed by atoms with E-state index in [1.54, 1.807) is 30.8 Å². The van der Waals surface area contributed by atoms with Crippen LogP contribution in [-0.2, 0) is 73.5 Å². The van der Waals surface area contributed by atoms with Crippen molar-refractivity contribution >= 4 is 35.8 Å². The van der Waals surface area contributed by atoms with E-state index in [2.05, 4.69) is 0 Å². The Hall–Kier alpha value is -4.27. The number of aryl methyl sites for hydroxylation is 2. The van der Waals surface area contributed by atoms with E-state index in [9.17, 15) is 19.2 Å². The molecule has 0 spiro atoms. The molecule has 0 atom stereocenters. The zero-order chi connectivity index (χ0) is 36.5. The number of aromatic nitrogens is 2. The molecule has 2 rings (SSSR count). The first kappa shape index (κ1) is 44.9. The summed E-state index contributed by atoms with van der Waals surface area (Å²) in [6.07, 6.45) is 3.76. The lowest BCUT2D eigenvalue weighted by Gasteiger charge is -2.20. The second-order valence-electron chi connectivity index (χ2n) is 8.62. The summed E-state index contributed by atoms with van der Waals surface area (Å²) in [5.74, 6) is -1.17. The second-order valence-corrected chi connectivity index (χ2v) is 8.99. The second kappa shape index (κ2) is 25.9. The monoisotopic (exact) mass is 688 g/mol. The van der Waals surface area contributed by atoms with Gasteiger partial charge in [-0.2, -0.15) is 19.2 Å². The Kier molecular flexibility index (Phi) is 24.7. The molecule has 0 bridgehead atoms. The zero-order valence-electron chi connectivity index (χ0n) is 27.6. The van der Waals surface area contributed by atoms with Crippen LogP contribution >= 0.6 is 11.6 Å². The predicted molar refractivity (Wildman–Crippen MR) is 163 cm³/mol. The first-order valence-corrected chi connectivity index (χ1v) is 14.4. The van der Waals surface area contributed by atoms with Crippen molar-refractivity contribution < 1.29 is 57.2 Å². The first-order valence-electron chi connectivity index (χ1n) is 14.0. The summed E-state index contributed by atoms with van der Waals surface area (Å²) >= 11 is 6.07. The number of rotatable bonds is 14. The average molecular weight is 689 g/mol. The minimum atomic E-state index is -0.645. The standard InChI is InChI=1S/C14H20ClNO5.C14H21NO5.2CO2/c1-5-9-7-16(8-10(19-3)20-4)12(11(15)13(9)17)14(18)21-6-2;1-5-10-8-15(9-13(18-3)19-4)11(7-12(10)16)14(17)20-6-2;2*2-1-3/h7,10H,5-6,8H2,1-4H3;7-8,13H,5-6,9H2,1-4H3;;. The molecular weight excluding hydrogens is 648 g/mol. The maximum Gasteiger partial charge on any atom is 0.373 e. The van der Waals surface area contributed by atoms with Crippen molar-refractivity contribution in [3.05, 3.63) is 66.4 Å². The third kappa shape index (κ3) is 15.2. The van der Waals surface area contributed by atoms with Crippen LogP contribution in [0, 0.1) is 0 Å². The topological polar surface area (TPSA) is 202 Å². The summed E-state index contributed by atoms with van der Waals surface area (Å²) < 4.78 is 33.6. The molecule has 0 radical (unpaired) electrons. The SMILES string of the molecule is CCOC(=O)c1c(Cl)c(=O)c(CC)cn1CC(OC)OC.CCOC(=O)c1cc(=O)c(CC)cn1CC(OC)OC.O=C=O.O=C=O. The molecule has 0 amide bonds. The van der Waals surface area contributed by atoms with E-state index < -0.39 is 24.5 Å². The molecular formula is C30H41ClN2O14. The zero-order valence-corrected chi connectivity index (χ0v) is 28.4. The summed E-state index contributed by atoms with van der Waals surface area (Å²) in [5, 5.41) is -0.140. The number of carbonyl (C=O) groups excluding carboxylic acids is 6. The lowest BCUT2D eigenvalue weighted by atomic mass is 10.2. The van der Waals surface area contributed by atoms with Gasteiger partial charge in [0.1, 0.15) is 10.7 Å². The largest absolute Gasteiger partial charge is 0.461 e. The highest BCUT2D eigenvalue weighted by Crippen LogP contribution is 2.16. The number of carbonyl (C=O) groups is 2. The maximum atomic E-state index is 12.1. The van der Waals surface area contributed by atoms with Crippen molar-refractivity contribution in [3.8, 4) is 0 Å². The highest BCUT2D eigenvalue weighted by molar-refractivity contribution is 6.33. The van der Waals surface area contributed by atoms with E-state index in [1.165, 1.54) is 39.1 Å². The minimum Gasteiger partial charge on any atom is -0.461 e. The Balaban J connectivity index is 0. The molecule has 16 nitrogen and oxygen atoms in total. The van der Waals surface area contributed by atoms with Crippen LogP contribution in [-0.4, -0.2) is 87.6 Å². The van der Waals surface area contributed by atoms with E-state index in [0.717, 1.165) is 0 Å². The van der Waals surface area contributed by atoms with E-state index in [0.29, 0.717) is 30.5 Å². The molecule has 262 valence electrons. The molecule has 0 aliphatic carbocycles. The third-order valence-electron chi connectivity index (χ3n) is 5.96. The Labute approximate surface area is 276 Å². The van der Waals surface area contributed by atoms with Crippen molar-refractivity contribution in [3.63, 3.8) is 0 Å². The molecule has 2 aromatic rings. The fourth-order valence-electron chi connectivity index (χ4n) is 3.72. The number of hydrogen-bond donors (Lipinski definition) is 0. The normalized spacial score (nSPS) is 9.85. The van der Waals surface area contributed by atoms with Crippen LogP contribution in [0.15, 0.2) is 28.0 Å². The lowest BCUT2D eigenvalue weighted by molar-refractivity contribution is -0.193. The van der Waals surface area contributed by atoms with Crippen molar-refractivity contribution in [1.29, 1.82) is 0 Å². The number of methoxy groups -OCH3 is 4. The van der Waals surface area contributed by atoms with Crippen LogP contribution in [0.4, 0.5) is 0 Å². The molecule has 0 fully saturated rings. The first-order chi connectivity index (χ1) is 22.4. The summed E-state index contributed by atoms with van der Waals surface area (Å²) in [6.45, 7) is 8.08. The van der Waals surface area contributed by atoms with Gasteiger partial charge in [0.15, 0.2) is 23.7 Å². The Morgan fingerprint density at radius 3 is 1.53 bits per heavy atom. The molecule has 0 saturated carbocycles. The highest BCUT2D eigenvalue weighted by Gasteiger charge is 2.23. The summed E-state index contributed by atoms with van der Waals surface area (Å²) in [7, 11) is 6.01. The maximum absolute atomic E-state index is 12.1. The minimum absolute atomic E-state index is 0.0137. The van der Waals surface area contributed by atoms with Crippen LogP contribution in [0.2, 0.25) is 5.02 Å². The third-order valence-corrected chi connectivity index (χ3v) is 6.31. The van der Waals surface area contributed by atoms with Crippen LogP contribution in [0.1, 0.15) is 59.8 Å². The van der Waals surface area contributed by atoms with E-state index in [4.69, 9.17) is 59.2 Å². The average Bonchev–Trinajstić information content (AvgIpc) is 3.05. The number of pyridine rings is 2. The van der Waals surface area contributed by atoms with E-state index >= 15 is 0 Å². The molecule has 2 aromatic heterocycles. The fraction of sp³-hybridized carbons (Fsp3) is 0.533. The number of halogens is 1. The molecule has 0 aliphatic heterocycles. The molecule has 47 heavy (non-hydrogen) atoms. The number of hydrogen-bond acceptors (Lipinski definition) is 14. The van der Waals surface area contributed by atoms with Gasteiger partial charge in [0.2, 0.25) is 5.43 Å². The van der Waals surface area contributed by atoms with Crippen LogP contribution < -0.4 is 10.9 Å².